The Balaban J connectivity index is 1.61. The van der Waals surface area contributed by atoms with Gasteiger partial charge in [0, 0.05) is 35.7 Å². The highest BCUT2D eigenvalue weighted by Crippen LogP contribution is 2.36. The first-order valence-electron chi connectivity index (χ1n) is 10.8. The summed E-state index contributed by atoms with van der Waals surface area (Å²) in [7, 11) is -4.24. The molecule has 4 aromatic rings. The lowest BCUT2D eigenvalue weighted by Gasteiger charge is -2.19. The highest BCUT2D eigenvalue weighted by molar-refractivity contribution is 7.91. The molecule has 1 unspecified atom stereocenters. The number of sulfone groups is 1. The van der Waals surface area contributed by atoms with Crippen LogP contribution in [0.2, 0.25) is 5.02 Å². The molecule has 36 heavy (non-hydrogen) atoms. The molecule has 0 spiro atoms. The van der Waals surface area contributed by atoms with Gasteiger partial charge in [0.2, 0.25) is 5.91 Å². The van der Waals surface area contributed by atoms with Gasteiger partial charge in [-0.2, -0.15) is 0 Å². The van der Waals surface area contributed by atoms with Crippen molar-refractivity contribution in [2.45, 2.75) is 23.1 Å². The molecule has 0 aliphatic carbocycles. The SMILES string of the molecule is O=C(Cc1cccnc1)NCc1ccc(C(c2cc(F)ccc2F)S(=O)(=O)c2ccc(Cl)cc2)nc1. The molecule has 0 fully saturated rings. The Morgan fingerprint density at radius 1 is 0.972 bits per heavy atom. The van der Waals surface area contributed by atoms with Crippen molar-refractivity contribution in [1.82, 2.24) is 15.3 Å². The van der Waals surface area contributed by atoms with E-state index in [1.807, 2.05) is 0 Å². The first-order valence-corrected chi connectivity index (χ1v) is 12.7. The van der Waals surface area contributed by atoms with E-state index in [4.69, 9.17) is 11.6 Å². The van der Waals surface area contributed by atoms with Crippen molar-refractivity contribution in [3.8, 4) is 0 Å². The van der Waals surface area contributed by atoms with Crippen LogP contribution in [0.1, 0.15) is 27.6 Å². The first kappa shape index (κ1) is 25.4. The van der Waals surface area contributed by atoms with Gasteiger partial charge in [-0.05, 0) is 65.7 Å². The molecule has 0 saturated heterocycles. The molecule has 184 valence electrons. The van der Waals surface area contributed by atoms with Gasteiger partial charge >= 0.3 is 0 Å². The monoisotopic (exact) mass is 527 g/mol. The Morgan fingerprint density at radius 2 is 1.75 bits per heavy atom. The summed E-state index contributed by atoms with van der Waals surface area (Å²) in [6.45, 7) is 0.148. The zero-order valence-electron chi connectivity index (χ0n) is 18.7. The average molecular weight is 528 g/mol. The van der Waals surface area contributed by atoms with Crippen LogP contribution in [-0.4, -0.2) is 24.3 Å². The number of rotatable bonds is 8. The van der Waals surface area contributed by atoms with Crippen molar-refractivity contribution in [3.63, 3.8) is 0 Å². The number of pyridine rings is 2. The summed E-state index contributed by atoms with van der Waals surface area (Å²) < 4.78 is 55.9. The smallest absolute Gasteiger partial charge is 0.224 e. The number of halogens is 3. The predicted molar refractivity (Wildman–Crippen MR) is 131 cm³/mol. The second-order valence-corrected chi connectivity index (χ2v) is 10.4. The number of hydrogen-bond donors (Lipinski definition) is 1. The zero-order chi connectivity index (χ0) is 25.7. The Labute approximate surface area is 211 Å². The minimum absolute atomic E-state index is 0.000105. The van der Waals surface area contributed by atoms with Crippen LogP contribution in [0.25, 0.3) is 0 Å². The maximum atomic E-state index is 14.8. The van der Waals surface area contributed by atoms with E-state index in [1.54, 1.807) is 30.6 Å². The van der Waals surface area contributed by atoms with E-state index in [0.29, 0.717) is 10.6 Å². The van der Waals surface area contributed by atoms with Gasteiger partial charge in [0.05, 0.1) is 17.0 Å². The van der Waals surface area contributed by atoms with E-state index in [-0.39, 0.29) is 35.0 Å². The van der Waals surface area contributed by atoms with Crippen molar-refractivity contribution in [3.05, 3.63) is 124 Å². The van der Waals surface area contributed by atoms with Crippen molar-refractivity contribution < 1.29 is 22.0 Å². The summed E-state index contributed by atoms with van der Waals surface area (Å²) in [4.78, 5) is 20.3. The Morgan fingerprint density at radius 3 is 2.42 bits per heavy atom. The second kappa shape index (κ2) is 10.9. The molecule has 1 N–H and O–H groups in total. The summed E-state index contributed by atoms with van der Waals surface area (Å²) in [6, 6.07) is 14.6. The number of nitrogens with one attached hydrogen (secondary N) is 1. The van der Waals surface area contributed by atoms with E-state index in [0.717, 1.165) is 23.8 Å². The maximum Gasteiger partial charge on any atom is 0.224 e. The van der Waals surface area contributed by atoms with Crippen LogP contribution >= 0.6 is 11.6 Å². The third-order valence-electron chi connectivity index (χ3n) is 5.39. The number of hydrogen-bond acceptors (Lipinski definition) is 5. The molecule has 6 nitrogen and oxygen atoms in total. The fourth-order valence-corrected chi connectivity index (χ4v) is 5.49. The van der Waals surface area contributed by atoms with E-state index in [2.05, 4.69) is 15.3 Å². The van der Waals surface area contributed by atoms with Crippen LogP contribution in [-0.2, 0) is 27.6 Å². The zero-order valence-corrected chi connectivity index (χ0v) is 20.3. The van der Waals surface area contributed by atoms with Crippen LogP contribution in [0, 0.1) is 11.6 Å². The van der Waals surface area contributed by atoms with Gasteiger partial charge in [0.25, 0.3) is 0 Å². The largest absolute Gasteiger partial charge is 0.352 e. The van der Waals surface area contributed by atoms with Crippen molar-refractivity contribution in [1.29, 1.82) is 0 Å². The van der Waals surface area contributed by atoms with Gasteiger partial charge in [-0.3, -0.25) is 14.8 Å². The molecule has 0 radical (unpaired) electrons. The van der Waals surface area contributed by atoms with Crippen molar-refractivity contribution in [2.75, 3.05) is 0 Å². The number of amides is 1. The van der Waals surface area contributed by atoms with Gasteiger partial charge in [0.15, 0.2) is 9.84 Å². The predicted octanol–water partition coefficient (Wildman–Crippen LogP) is 4.83. The Bertz CT molecular complexity index is 1470. The minimum Gasteiger partial charge on any atom is -0.352 e. The average Bonchev–Trinajstić information content (AvgIpc) is 2.86. The van der Waals surface area contributed by atoms with Gasteiger partial charge in [0.1, 0.15) is 16.9 Å². The second-order valence-electron chi connectivity index (χ2n) is 7.95. The number of carbonyl (C=O) groups is 1. The molecule has 0 aliphatic rings. The van der Waals surface area contributed by atoms with Gasteiger partial charge < -0.3 is 5.32 Å². The molecule has 2 aromatic heterocycles. The highest BCUT2D eigenvalue weighted by Gasteiger charge is 2.34. The molecule has 0 saturated carbocycles. The minimum atomic E-state index is -4.24. The van der Waals surface area contributed by atoms with E-state index < -0.39 is 26.7 Å². The molecule has 0 bridgehead atoms. The fraction of sp³-hybridized carbons (Fsp3) is 0.115. The van der Waals surface area contributed by atoms with E-state index in [1.165, 1.54) is 36.5 Å². The quantitative estimate of drug-likeness (QED) is 0.354. The number of aromatic nitrogens is 2. The number of benzene rings is 2. The van der Waals surface area contributed by atoms with Crippen LogP contribution in [0.5, 0.6) is 0 Å². The Kier molecular flexibility index (Phi) is 7.71. The molecular weight excluding hydrogens is 508 g/mol. The van der Waals surface area contributed by atoms with Crippen LogP contribution < -0.4 is 5.32 Å². The van der Waals surface area contributed by atoms with Crippen LogP contribution in [0.15, 0.2) is 90.2 Å². The first-order chi connectivity index (χ1) is 17.2. The normalized spacial score (nSPS) is 12.2. The number of carbonyl (C=O) groups excluding carboxylic acids is 1. The molecule has 2 heterocycles. The van der Waals surface area contributed by atoms with Crippen LogP contribution in [0.4, 0.5) is 8.78 Å². The van der Waals surface area contributed by atoms with Gasteiger partial charge in [-0.25, -0.2) is 17.2 Å². The van der Waals surface area contributed by atoms with Crippen molar-refractivity contribution in [2.24, 2.45) is 0 Å². The topological polar surface area (TPSA) is 89.0 Å². The summed E-state index contributed by atoms with van der Waals surface area (Å²) in [5.74, 6) is -1.89. The van der Waals surface area contributed by atoms with Gasteiger partial charge in [-0.15, -0.1) is 0 Å². The summed E-state index contributed by atoms with van der Waals surface area (Å²) in [6.07, 6.45) is 4.76. The standard InChI is InChI=1S/C26H20ClF2N3O3S/c27-19-4-7-21(8-5-19)36(34,35)26(22-13-20(28)6-9-23(22)29)24-10-3-18(15-31-24)16-32-25(33)12-17-2-1-11-30-14-17/h1-11,13-15,26H,12,16H2,(H,32,33). The van der Waals surface area contributed by atoms with E-state index >= 15 is 0 Å². The van der Waals surface area contributed by atoms with E-state index in [9.17, 15) is 22.0 Å². The molecule has 2 aromatic carbocycles. The molecule has 4 rings (SSSR count). The third kappa shape index (κ3) is 5.92. The molecular formula is C26H20ClF2N3O3S. The molecule has 1 amide bonds. The fourth-order valence-electron chi connectivity index (χ4n) is 3.61. The molecule has 0 aliphatic heterocycles. The maximum absolute atomic E-state index is 14.8. The summed E-state index contributed by atoms with van der Waals surface area (Å²) in [5, 5.41) is 1.48. The third-order valence-corrected chi connectivity index (χ3v) is 7.68. The summed E-state index contributed by atoms with van der Waals surface area (Å²) in [5.41, 5.74) is 0.992. The number of nitrogens with zero attached hydrogens (tertiary/aromatic N) is 2. The highest BCUT2D eigenvalue weighted by atomic mass is 35.5. The summed E-state index contributed by atoms with van der Waals surface area (Å²) >= 11 is 5.89. The lowest BCUT2D eigenvalue weighted by Crippen LogP contribution is -2.24. The lowest BCUT2D eigenvalue weighted by atomic mass is 10.1. The molecule has 1 atom stereocenters. The molecule has 10 heteroatoms. The van der Waals surface area contributed by atoms with Crippen molar-refractivity contribution >= 4 is 27.3 Å². The van der Waals surface area contributed by atoms with Gasteiger partial charge in [-0.1, -0.05) is 23.7 Å². The lowest BCUT2D eigenvalue weighted by molar-refractivity contribution is -0.120. The van der Waals surface area contributed by atoms with Crippen LogP contribution in [0.3, 0.4) is 0 Å². The Hall–Kier alpha value is -3.69.